The van der Waals surface area contributed by atoms with Gasteiger partial charge in [-0.1, -0.05) is 13.3 Å². The quantitative estimate of drug-likeness (QED) is 0.914. The average Bonchev–Trinajstić information content (AvgIpc) is 3.02. The van der Waals surface area contributed by atoms with Gasteiger partial charge in [0.15, 0.2) is 0 Å². The zero-order chi connectivity index (χ0) is 15.7. The van der Waals surface area contributed by atoms with Crippen molar-refractivity contribution in [2.24, 2.45) is 5.92 Å². The van der Waals surface area contributed by atoms with Crippen molar-refractivity contribution in [1.82, 2.24) is 14.9 Å². The highest BCUT2D eigenvalue weighted by atomic mass is 16.4. The van der Waals surface area contributed by atoms with Gasteiger partial charge in [0.05, 0.1) is 0 Å². The fraction of sp³-hybridized carbons (Fsp3) is 0.500. The Morgan fingerprint density at radius 1 is 1.55 bits per heavy atom. The molecule has 0 unspecified atom stereocenters. The van der Waals surface area contributed by atoms with Crippen molar-refractivity contribution in [3.63, 3.8) is 0 Å². The molecule has 1 aliphatic rings. The zero-order valence-electron chi connectivity index (χ0n) is 13.0. The predicted octanol–water partition coefficient (Wildman–Crippen LogP) is 2.78. The summed E-state index contributed by atoms with van der Waals surface area (Å²) in [5.41, 5.74) is 1.96. The van der Waals surface area contributed by atoms with E-state index in [9.17, 15) is 9.90 Å². The van der Waals surface area contributed by atoms with Crippen LogP contribution in [0.4, 0.5) is 10.5 Å². The molecule has 1 fully saturated rings. The maximum absolute atomic E-state index is 11.3. The summed E-state index contributed by atoms with van der Waals surface area (Å²) in [6.45, 7) is 3.37. The van der Waals surface area contributed by atoms with Gasteiger partial charge < -0.3 is 19.9 Å². The minimum Gasteiger partial charge on any atom is -0.465 e. The van der Waals surface area contributed by atoms with Crippen LogP contribution in [0.5, 0.6) is 0 Å². The molecule has 1 saturated heterocycles. The number of fused-ring (bicyclic) bond motifs is 1. The van der Waals surface area contributed by atoms with Crippen LogP contribution in [0.2, 0.25) is 0 Å². The number of piperidine rings is 1. The molecule has 6 nitrogen and oxygen atoms in total. The smallest absolute Gasteiger partial charge is 0.407 e. The number of H-pyrrole nitrogens is 1. The second-order valence-electron chi connectivity index (χ2n) is 5.93. The number of anilines is 1. The lowest BCUT2D eigenvalue weighted by Gasteiger charge is -2.42. The number of amides is 1. The summed E-state index contributed by atoms with van der Waals surface area (Å²) in [4.78, 5) is 22.5. The Morgan fingerprint density at radius 2 is 2.36 bits per heavy atom. The third-order valence-electron chi connectivity index (χ3n) is 4.83. The fourth-order valence-corrected chi connectivity index (χ4v) is 3.50. The highest BCUT2D eigenvalue weighted by Crippen LogP contribution is 2.31. The molecular weight excluding hydrogens is 280 g/mol. The number of aromatic nitrogens is 2. The van der Waals surface area contributed by atoms with E-state index in [1.165, 1.54) is 4.90 Å². The standard InChI is InChI=1S/C16H22N4O2/c1-3-11-6-9-20(16(21)22)10-14(11)19(2)13-5-8-18-15-12(13)4-7-17-15/h4-5,7-8,11,14H,3,6,9-10H2,1-2H3,(H,17,18)(H,21,22)/t11-,14+/m1/s1. The average molecular weight is 302 g/mol. The number of hydrogen-bond donors (Lipinski definition) is 2. The number of pyridine rings is 1. The monoisotopic (exact) mass is 302 g/mol. The van der Waals surface area contributed by atoms with Gasteiger partial charge in [0, 0.05) is 49.6 Å². The van der Waals surface area contributed by atoms with Crippen LogP contribution in [0.15, 0.2) is 24.5 Å². The zero-order valence-corrected chi connectivity index (χ0v) is 13.0. The van der Waals surface area contributed by atoms with E-state index in [0.717, 1.165) is 29.6 Å². The van der Waals surface area contributed by atoms with Gasteiger partial charge in [-0.2, -0.15) is 0 Å². The molecule has 2 N–H and O–H groups in total. The van der Waals surface area contributed by atoms with Crippen LogP contribution in [0, 0.1) is 5.92 Å². The van der Waals surface area contributed by atoms with E-state index in [1.54, 1.807) is 6.20 Å². The first-order valence-electron chi connectivity index (χ1n) is 7.74. The Bertz CT molecular complexity index is 669. The number of carbonyl (C=O) groups is 1. The van der Waals surface area contributed by atoms with Gasteiger partial charge in [-0.15, -0.1) is 0 Å². The van der Waals surface area contributed by atoms with Crippen LogP contribution in [0.25, 0.3) is 11.0 Å². The lowest BCUT2D eigenvalue weighted by Crippen LogP contribution is -2.53. The van der Waals surface area contributed by atoms with Gasteiger partial charge in [-0.25, -0.2) is 9.78 Å². The Labute approximate surface area is 129 Å². The van der Waals surface area contributed by atoms with Crippen molar-refractivity contribution in [3.8, 4) is 0 Å². The number of nitrogens with one attached hydrogen (secondary N) is 1. The molecule has 22 heavy (non-hydrogen) atoms. The summed E-state index contributed by atoms with van der Waals surface area (Å²) in [5, 5.41) is 10.4. The number of carboxylic acid groups (broad SMARTS) is 1. The number of hydrogen-bond acceptors (Lipinski definition) is 3. The molecule has 0 aliphatic carbocycles. The lowest BCUT2D eigenvalue weighted by molar-refractivity contribution is 0.114. The Balaban J connectivity index is 1.92. The van der Waals surface area contributed by atoms with E-state index < -0.39 is 6.09 Å². The van der Waals surface area contributed by atoms with Crippen LogP contribution < -0.4 is 4.90 Å². The molecule has 2 atom stereocenters. The highest BCUT2D eigenvalue weighted by Gasteiger charge is 2.33. The summed E-state index contributed by atoms with van der Waals surface area (Å²) in [6, 6.07) is 4.21. The molecule has 2 aromatic heterocycles. The fourth-order valence-electron chi connectivity index (χ4n) is 3.50. The summed E-state index contributed by atoms with van der Waals surface area (Å²) in [5.74, 6) is 0.503. The van der Waals surface area contributed by atoms with Crippen molar-refractivity contribution in [2.45, 2.75) is 25.8 Å². The van der Waals surface area contributed by atoms with Crippen LogP contribution in [-0.4, -0.2) is 52.2 Å². The molecular formula is C16H22N4O2. The first-order valence-corrected chi connectivity index (χ1v) is 7.74. The number of likely N-dealkylation sites (tertiary alicyclic amines) is 1. The molecule has 2 aromatic rings. The van der Waals surface area contributed by atoms with Crippen molar-refractivity contribution < 1.29 is 9.90 Å². The first kappa shape index (κ1) is 14.7. The third kappa shape index (κ3) is 2.49. The third-order valence-corrected chi connectivity index (χ3v) is 4.83. The Kier molecular flexibility index (Phi) is 3.92. The van der Waals surface area contributed by atoms with Gasteiger partial charge in [-0.3, -0.25) is 0 Å². The molecule has 1 aliphatic heterocycles. The molecule has 1 amide bonds. The van der Waals surface area contributed by atoms with Crippen molar-refractivity contribution in [2.75, 3.05) is 25.0 Å². The van der Waals surface area contributed by atoms with E-state index >= 15 is 0 Å². The molecule has 0 aromatic carbocycles. The predicted molar refractivity (Wildman–Crippen MR) is 86.3 cm³/mol. The Morgan fingerprint density at radius 3 is 3.09 bits per heavy atom. The van der Waals surface area contributed by atoms with E-state index in [2.05, 4.69) is 28.8 Å². The van der Waals surface area contributed by atoms with Gasteiger partial charge in [0.1, 0.15) is 5.65 Å². The number of rotatable bonds is 3. The van der Waals surface area contributed by atoms with Crippen molar-refractivity contribution in [1.29, 1.82) is 0 Å². The van der Waals surface area contributed by atoms with Crippen LogP contribution in [-0.2, 0) is 0 Å². The molecule has 3 heterocycles. The molecule has 0 saturated carbocycles. The van der Waals surface area contributed by atoms with Crippen LogP contribution >= 0.6 is 0 Å². The van der Waals surface area contributed by atoms with Gasteiger partial charge in [0.25, 0.3) is 0 Å². The van der Waals surface area contributed by atoms with Gasteiger partial charge >= 0.3 is 6.09 Å². The van der Waals surface area contributed by atoms with E-state index in [-0.39, 0.29) is 6.04 Å². The van der Waals surface area contributed by atoms with Crippen LogP contribution in [0.3, 0.4) is 0 Å². The molecule has 0 spiro atoms. The summed E-state index contributed by atoms with van der Waals surface area (Å²) in [6.07, 6.45) is 4.83. The van der Waals surface area contributed by atoms with Crippen molar-refractivity contribution in [3.05, 3.63) is 24.5 Å². The van der Waals surface area contributed by atoms with Crippen LogP contribution in [0.1, 0.15) is 19.8 Å². The molecule has 6 heteroatoms. The number of likely N-dealkylation sites (N-methyl/N-ethyl adjacent to an activating group) is 1. The van der Waals surface area contributed by atoms with E-state index in [0.29, 0.717) is 19.0 Å². The van der Waals surface area contributed by atoms with Crippen molar-refractivity contribution >= 4 is 22.8 Å². The summed E-state index contributed by atoms with van der Waals surface area (Å²) >= 11 is 0. The summed E-state index contributed by atoms with van der Waals surface area (Å²) < 4.78 is 0. The second-order valence-corrected chi connectivity index (χ2v) is 5.93. The number of aromatic amines is 1. The molecule has 0 radical (unpaired) electrons. The molecule has 3 rings (SSSR count). The number of nitrogens with zero attached hydrogens (tertiary/aromatic N) is 3. The normalized spacial score (nSPS) is 22.0. The first-order chi connectivity index (χ1) is 10.6. The SMILES string of the molecule is CC[C@@H]1CCN(C(=O)O)C[C@@H]1N(C)c1ccnc2[nH]ccc12. The maximum Gasteiger partial charge on any atom is 0.407 e. The minimum atomic E-state index is -0.825. The van der Waals surface area contributed by atoms with E-state index in [1.807, 2.05) is 18.3 Å². The van der Waals surface area contributed by atoms with Gasteiger partial charge in [-0.05, 0) is 24.5 Å². The second kappa shape index (κ2) is 5.87. The highest BCUT2D eigenvalue weighted by molar-refractivity contribution is 5.89. The van der Waals surface area contributed by atoms with E-state index in [4.69, 9.17) is 0 Å². The molecule has 118 valence electrons. The maximum atomic E-state index is 11.3. The topological polar surface area (TPSA) is 72.5 Å². The summed E-state index contributed by atoms with van der Waals surface area (Å²) in [7, 11) is 2.06. The minimum absolute atomic E-state index is 0.190. The largest absolute Gasteiger partial charge is 0.465 e. The Hall–Kier alpha value is -2.24. The van der Waals surface area contributed by atoms with Gasteiger partial charge in [0.2, 0.25) is 0 Å². The molecule has 0 bridgehead atoms. The lowest BCUT2D eigenvalue weighted by atomic mass is 9.88.